The zero-order valence-corrected chi connectivity index (χ0v) is 13.7. The van der Waals surface area contributed by atoms with Crippen molar-refractivity contribution in [1.29, 1.82) is 0 Å². The van der Waals surface area contributed by atoms with Gasteiger partial charge in [-0.2, -0.15) is 0 Å². The van der Waals surface area contributed by atoms with Crippen LogP contribution in [-0.2, 0) is 4.79 Å². The van der Waals surface area contributed by atoms with Gasteiger partial charge in [-0.05, 0) is 31.4 Å². The van der Waals surface area contributed by atoms with Crippen LogP contribution >= 0.6 is 0 Å². The largest absolute Gasteiger partial charge is 0.344 e. The van der Waals surface area contributed by atoms with Gasteiger partial charge in [-0.3, -0.25) is 9.59 Å². The number of benzene rings is 1. The zero-order chi connectivity index (χ0) is 16.2. The van der Waals surface area contributed by atoms with E-state index in [0.29, 0.717) is 18.5 Å². The van der Waals surface area contributed by atoms with E-state index in [0.717, 1.165) is 44.5 Å². The van der Waals surface area contributed by atoms with Crippen molar-refractivity contribution in [2.75, 3.05) is 26.7 Å². The molecule has 124 valence electrons. The predicted octanol–water partition coefficient (Wildman–Crippen LogP) is 1.50. The molecule has 1 atom stereocenters. The van der Waals surface area contributed by atoms with Crippen molar-refractivity contribution >= 4 is 11.8 Å². The maximum absolute atomic E-state index is 12.4. The van der Waals surface area contributed by atoms with Crippen molar-refractivity contribution in [2.45, 2.75) is 37.8 Å². The van der Waals surface area contributed by atoms with Crippen molar-refractivity contribution in [3.8, 4) is 0 Å². The summed E-state index contributed by atoms with van der Waals surface area (Å²) < 4.78 is 0. The topological polar surface area (TPSA) is 52.6 Å². The third-order valence-corrected chi connectivity index (χ3v) is 4.90. The lowest BCUT2D eigenvalue weighted by Crippen LogP contribution is -2.53. The fourth-order valence-electron chi connectivity index (χ4n) is 3.49. The molecule has 5 nitrogen and oxygen atoms in total. The molecule has 0 spiro atoms. The number of nitrogens with zero attached hydrogens (tertiary/aromatic N) is 2. The molecule has 1 aromatic rings. The molecule has 23 heavy (non-hydrogen) atoms. The average molecular weight is 315 g/mol. The first-order chi connectivity index (χ1) is 11.1. The van der Waals surface area contributed by atoms with E-state index in [-0.39, 0.29) is 11.8 Å². The monoisotopic (exact) mass is 315 g/mol. The minimum Gasteiger partial charge on any atom is -0.344 e. The fourth-order valence-corrected chi connectivity index (χ4v) is 3.49. The quantitative estimate of drug-likeness (QED) is 0.920. The van der Waals surface area contributed by atoms with Crippen LogP contribution in [-0.4, -0.2) is 60.4 Å². The molecular formula is C18H25N3O2. The third kappa shape index (κ3) is 3.91. The number of nitrogens with one attached hydrogen (secondary N) is 1. The van der Waals surface area contributed by atoms with Gasteiger partial charge in [0.15, 0.2) is 0 Å². The Balaban J connectivity index is 1.47. The molecule has 2 amide bonds. The SMILES string of the molecule is CN1C[C@H](NC2CCN(C(=O)c3ccccc3)CC2)CCC1=O. The van der Waals surface area contributed by atoms with Crippen molar-refractivity contribution in [1.82, 2.24) is 15.1 Å². The normalized spacial score (nSPS) is 23.2. The molecule has 2 saturated heterocycles. The second kappa shape index (κ2) is 7.13. The van der Waals surface area contributed by atoms with Gasteiger partial charge in [0.05, 0.1) is 0 Å². The first-order valence-electron chi connectivity index (χ1n) is 8.48. The molecule has 0 bridgehead atoms. The Labute approximate surface area is 137 Å². The number of rotatable bonds is 3. The molecule has 3 rings (SSSR count). The summed E-state index contributed by atoms with van der Waals surface area (Å²) in [6.45, 7) is 2.39. The lowest BCUT2D eigenvalue weighted by molar-refractivity contribution is -0.132. The molecule has 2 aliphatic heterocycles. The smallest absolute Gasteiger partial charge is 0.253 e. The van der Waals surface area contributed by atoms with Gasteiger partial charge in [0.1, 0.15) is 0 Å². The number of carbonyl (C=O) groups is 2. The maximum Gasteiger partial charge on any atom is 0.253 e. The van der Waals surface area contributed by atoms with E-state index < -0.39 is 0 Å². The van der Waals surface area contributed by atoms with Gasteiger partial charge >= 0.3 is 0 Å². The van der Waals surface area contributed by atoms with E-state index in [1.54, 1.807) is 0 Å². The van der Waals surface area contributed by atoms with Crippen LogP contribution in [0.25, 0.3) is 0 Å². The van der Waals surface area contributed by atoms with Gasteiger partial charge in [-0.25, -0.2) is 0 Å². The first kappa shape index (κ1) is 16.0. The molecule has 0 radical (unpaired) electrons. The Morgan fingerprint density at radius 1 is 1.09 bits per heavy atom. The number of hydrogen-bond donors (Lipinski definition) is 1. The highest BCUT2D eigenvalue weighted by Gasteiger charge is 2.28. The molecule has 2 aliphatic rings. The van der Waals surface area contributed by atoms with Crippen LogP contribution < -0.4 is 5.32 Å². The van der Waals surface area contributed by atoms with Gasteiger partial charge in [0.25, 0.3) is 5.91 Å². The minimum atomic E-state index is 0.132. The van der Waals surface area contributed by atoms with Gasteiger partial charge in [0.2, 0.25) is 5.91 Å². The van der Waals surface area contributed by atoms with Crippen molar-refractivity contribution in [3.63, 3.8) is 0 Å². The highest BCUT2D eigenvalue weighted by atomic mass is 16.2. The Bertz CT molecular complexity index is 553. The molecular weight excluding hydrogens is 290 g/mol. The second-order valence-electron chi connectivity index (χ2n) is 6.61. The van der Waals surface area contributed by atoms with Crippen LogP contribution in [0.5, 0.6) is 0 Å². The number of carbonyl (C=O) groups excluding carboxylic acids is 2. The highest BCUT2D eigenvalue weighted by molar-refractivity contribution is 5.94. The number of likely N-dealkylation sites (tertiary alicyclic amines) is 2. The number of amides is 2. The van der Waals surface area contributed by atoms with E-state index in [2.05, 4.69) is 5.32 Å². The number of piperidine rings is 2. The summed E-state index contributed by atoms with van der Waals surface area (Å²) in [6.07, 6.45) is 3.52. The van der Waals surface area contributed by atoms with Crippen molar-refractivity contribution in [3.05, 3.63) is 35.9 Å². The van der Waals surface area contributed by atoms with Crippen LogP contribution in [0, 0.1) is 0 Å². The van der Waals surface area contributed by atoms with E-state index in [1.165, 1.54) is 0 Å². The van der Waals surface area contributed by atoms with Gasteiger partial charge in [-0.15, -0.1) is 0 Å². The first-order valence-corrected chi connectivity index (χ1v) is 8.48. The van der Waals surface area contributed by atoms with E-state index in [1.807, 2.05) is 47.2 Å². The number of likely N-dealkylation sites (N-methyl/N-ethyl adjacent to an activating group) is 1. The van der Waals surface area contributed by atoms with Gasteiger partial charge in [0, 0.05) is 50.7 Å². The Morgan fingerprint density at radius 3 is 2.43 bits per heavy atom. The average Bonchev–Trinajstić information content (AvgIpc) is 2.59. The lowest BCUT2D eigenvalue weighted by atomic mass is 9.99. The Kier molecular flexibility index (Phi) is 4.96. The van der Waals surface area contributed by atoms with E-state index >= 15 is 0 Å². The van der Waals surface area contributed by atoms with Crippen LogP contribution in [0.15, 0.2) is 30.3 Å². The molecule has 0 aromatic heterocycles. The minimum absolute atomic E-state index is 0.132. The van der Waals surface area contributed by atoms with Crippen LogP contribution in [0.4, 0.5) is 0 Å². The molecule has 1 N–H and O–H groups in total. The summed E-state index contributed by atoms with van der Waals surface area (Å²) in [5.41, 5.74) is 0.770. The van der Waals surface area contributed by atoms with Gasteiger partial charge in [-0.1, -0.05) is 18.2 Å². The zero-order valence-electron chi connectivity index (χ0n) is 13.7. The van der Waals surface area contributed by atoms with Gasteiger partial charge < -0.3 is 15.1 Å². The summed E-state index contributed by atoms with van der Waals surface area (Å²) in [7, 11) is 1.87. The summed E-state index contributed by atoms with van der Waals surface area (Å²) in [4.78, 5) is 27.7. The third-order valence-electron chi connectivity index (χ3n) is 4.90. The molecule has 1 aromatic carbocycles. The van der Waals surface area contributed by atoms with Crippen LogP contribution in [0.2, 0.25) is 0 Å². The molecule has 0 unspecified atom stereocenters. The maximum atomic E-state index is 12.4. The molecule has 0 saturated carbocycles. The lowest BCUT2D eigenvalue weighted by Gasteiger charge is -2.37. The van der Waals surface area contributed by atoms with E-state index in [9.17, 15) is 9.59 Å². The van der Waals surface area contributed by atoms with Crippen molar-refractivity contribution < 1.29 is 9.59 Å². The highest BCUT2D eigenvalue weighted by Crippen LogP contribution is 2.17. The van der Waals surface area contributed by atoms with Crippen LogP contribution in [0.3, 0.4) is 0 Å². The van der Waals surface area contributed by atoms with E-state index in [4.69, 9.17) is 0 Å². The fraction of sp³-hybridized carbons (Fsp3) is 0.556. The summed E-state index contributed by atoms with van der Waals surface area (Å²) in [6, 6.07) is 10.3. The van der Waals surface area contributed by atoms with Crippen LogP contribution in [0.1, 0.15) is 36.0 Å². The second-order valence-corrected chi connectivity index (χ2v) is 6.61. The molecule has 5 heteroatoms. The molecule has 0 aliphatic carbocycles. The summed E-state index contributed by atoms with van der Waals surface area (Å²) >= 11 is 0. The standard InChI is InChI=1S/C18H25N3O2/c1-20-13-16(7-8-17(20)22)19-15-9-11-21(12-10-15)18(23)14-5-3-2-4-6-14/h2-6,15-16,19H,7-13H2,1H3/t16-/m1/s1. The summed E-state index contributed by atoms with van der Waals surface area (Å²) in [5.74, 6) is 0.373. The Hall–Kier alpha value is -1.88. The molecule has 2 heterocycles. The molecule has 2 fully saturated rings. The predicted molar refractivity (Wildman–Crippen MR) is 89.2 cm³/mol. The van der Waals surface area contributed by atoms with Crippen molar-refractivity contribution in [2.24, 2.45) is 0 Å². The number of hydrogen-bond acceptors (Lipinski definition) is 3. The Morgan fingerprint density at radius 2 is 1.78 bits per heavy atom. The summed E-state index contributed by atoms with van der Waals surface area (Å²) in [5, 5.41) is 3.68.